The summed E-state index contributed by atoms with van der Waals surface area (Å²) in [5, 5.41) is 8.90. The predicted octanol–water partition coefficient (Wildman–Crippen LogP) is 14.1. The zero-order valence-electron chi connectivity index (χ0n) is 29.6. The van der Waals surface area contributed by atoms with Crippen LogP contribution < -0.4 is 0 Å². The van der Waals surface area contributed by atoms with Gasteiger partial charge in [0.2, 0.25) is 0 Å². The SMILES string of the molecule is C=Cc1c(/C=C(\C)c2ccccc2C2CC=Cc3c2sc2c3CC(C)C=C2)n(-c2ccccc2)c2cc3c4ccccc4c4ccccc4c3cc12. The topological polar surface area (TPSA) is 4.93 Å². The molecular formula is C50H39NS. The van der Waals surface area contributed by atoms with Crippen LogP contribution in [0.3, 0.4) is 0 Å². The zero-order valence-corrected chi connectivity index (χ0v) is 30.4. The largest absolute Gasteiger partial charge is 0.309 e. The lowest BCUT2D eigenvalue weighted by atomic mass is 9.81. The third-order valence-corrected chi connectivity index (χ3v) is 12.8. The Morgan fingerprint density at radius 3 is 2.13 bits per heavy atom. The lowest BCUT2D eigenvalue weighted by molar-refractivity contribution is 0.717. The molecule has 10 rings (SSSR count). The maximum Gasteiger partial charge on any atom is 0.0547 e. The average Bonchev–Trinajstić information content (AvgIpc) is 3.71. The molecule has 0 spiro atoms. The van der Waals surface area contributed by atoms with Crippen molar-refractivity contribution in [2.45, 2.75) is 32.6 Å². The summed E-state index contributed by atoms with van der Waals surface area (Å²) in [6, 6.07) is 42.4. The van der Waals surface area contributed by atoms with Crippen molar-refractivity contribution in [3.63, 3.8) is 0 Å². The van der Waals surface area contributed by atoms with E-state index in [2.05, 4.69) is 177 Å². The Bertz CT molecular complexity index is 2840. The molecule has 2 heterocycles. The zero-order chi connectivity index (χ0) is 34.9. The fourth-order valence-electron chi connectivity index (χ4n) is 9.03. The molecule has 2 unspecified atom stereocenters. The second kappa shape index (κ2) is 12.2. The molecule has 0 fully saturated rings. The van der Waals surface area contributed by atoms with Crippen LogP contribution in [0.15, 0.2) is 134 Å². The molecule has 0 saturated carbocycles. The van der Waals surface area contributed by atoms with Gasteiger partial charge in [-0.15, -0.1) is 11.3 Å². The Balaban J connectivity index is 1.21. The third-order valence-electron chi connectivity index (χ3n) is 11.4. The van der Waals surface area contributed by atoms with Crippen molar-refractivity contribution in [3.05, 3.63) is 177 Å². The number of thiophene rings is 1. The quantitative estimate of drug-likeness (QED) is 0.159. The molecule has 1 nitrogen and oxygen atoms in total. The summed E-state index contributed by atoms with van der Waals surface area (Å²) in [7, 11) is 0. The van der Waals surface area contributed by atoms with Gasteiger partial charge < -0.3 is 4.57 Å². The van der Waals surface area contributed by atoms with E-state index in [1.807, 2.05) is 11.3 Å². The normalized spacial score (nSPS) is 16.9. The van der Waals surface area contributed by atoms with Crippen LogP contribution in [0.25, 0.3) is 78.8 Å². The van der Waals surface area contributed by atoms with E-state index in [0.29, 0.717) is 11.8 Å². The summed E-state index contributed by atoms with van der Waals surface area (Å²) in [5.74, 6) is 0.924. The highest BCUT2D eigenvalue weighted by Gasteiger charge is 2.29. The number of nitrogens with zero attached hydrogens (tertiary/aromatic N) is 1. The minimum absolute atomic E-state index is 0.338. The van der Waals surface area contributed by atoms with Gasteiger partial charge in [-0.05, 0) is 122 Å². The first kappa shape index (κ1) is 31.1. The maximum atomic E-state index is 4.42. The monoisotopic (exact) mass is 685 g/mol. The van der Waals surface area contributed by atoms with Crippen molar-refractivity contribution in [1.82, 2.24) is 4.57 Å². The number of benzene rings is 6. The van der Waals surface area contributed by atoms with E-state index >= 15 is 0 Å². The molecular weight excluding hydrogens is 647 g/mol. The Labute approximate surface area is 309 Å². The van der Waals surface area contributed by atoms with Crippen LogP contribution in [0.1, 0.15) is 69.5 Å². The average molecular weight is 686 g/mol. The van der Waals surface area contributed by atoms with E-state index in [4.69, 9.17) is 0 Å². The van der Waals surface area contributed by atoms with Crippen molar-refractivity contribution in [3.8, 4) is 5.69 Å². The second-order valence-corrected chi connectivity index (χ2v) is 15.6. The van der Waals surface area contributed by atoms with E-state index in [1.54, 1.807) is 0 Å². The third kappa shape index (κ3) is 4.75. The van der Waals surface area contributed by atoms with Gasteiger partial charge in [0.1, 0.15) is 0 Å². The summed E-state index contributed by atoms with van der Waals surface area (Å²) in [6.07, 6.45) is 16.2. The van der Waals surface area contributed by atoms with Crippen LogP contribution in [0.5, 0.6) is 0 Å². The first-order valence-corrected chi connectivity index (χ1v) is 19.3. The van der Waals surface area contributed by atoms with Crippen LogP contribution in [0, 0.1) is 5.92 Å². The van der Waals surface area contributed by atoms with Crippen molar-refractivity contribution in [2.24, 2.45) is 5.92 Å². The molecule has 2 aromatic heterocycles. The maximum absolute atomic E-state index is 4.42. The van der Waals surface area contributed by atoms with Crippen LogP contribution in [0.2, 0.25) is 0 Å². The minimum Gasteiger partial charge on any atom is -0.309 e. The van der Waals surface area contributed by atoms with Gasteiger partial charge in [0.15, 0.2) is 0 Å². The van der Waals surface area contributed by atoms with Crippen molar-refractivity contribution >= 4 is 84.4 Å². The van der Waals surface area contributed by atoms with E-state index < -0.39 is 0 Å². The van der Waals surface area contributed by atoms with E-state index in [1.165, 1.54) is 80.8 Å². The van der Waals surface area contributed by atoms with Gasteiger partial charge in [-0.25, -0.2) is 0 Å². The first-order chi connectivity index (χ1) is 25.6. The summed E-state index contributed by atoms with van der Waals surface area (Å²) >= 11 is 2.00. The molecule has 6 aromatic carbocycles. The Kier molecular flexibility index (Phi) is 7.30. The summed E-state index contributed by atoms with van der Waals surface area (Å²) in [4.78, 5) is 2.96. The van der Waals surface area contributed by atoms with Gasteiger partial charge in [-0.3, -0.25) is 0 Å². The molecule has 52 heavy (non-hydrogen) atoms. The second-order valence-electron chi connectivity index (χ2n) is 14.5. The molecule has 2 atom stereocenters. The molecule has 0 radical (unpaired) electrons. The molecule has 0 N–H and O–H groups in total. The Hall–Kier alpha value is -5.70. The molecule has 0 amide bonds. The number of allylic oxidation sites excluding steroid dienone is 3. The van der Waals surface area contributed by atoms with Gasteiger partial charge in [-0.1, -0.05) is 129 Å². The van der Waals surface area contributed by atoms with E-state index in [-0.39, 0.29) is 0 Å². The lowest BCUT2D eigenvalue weighted by Crippen LogP contribution is -2.08. The molecule has 2 heteroatoms. The molecule has 8 aromatic rings. The fourth-order valence-corrected chi connectivity index (χ4v) is 10.4. The van der Waals surface area contributed by atoms with Crippen molar-refractivity contribution in [1.29, 1.82) is 0 Å². The van der Waals surface area contributed by atoms with Gasteiger partial charge in [-0.2, -0.15) is 0 Å². The predicted molar refractivity (Wildman–Crippen MR) is 228 cm³/mol. The van der Waals surface area contributed by atoms with Crippen molar-refractivity contribution in [2.75, 3.05) is 0 Å². The molecule has 0 bridgehead atoms. The summed E-state index contributed by atoms with van der Waals surface area (Å²) < 4.78 is 2.45. The number of aromatic nitrogens is 1. The molecule has 0 saturated heterocycles. The Morgan fingerprint density at radius 1 is 0.750 bits per heavy atom. The summed E-state index contributed by atoms with van der Waals surface area (Å²) in [6.45, 7) is 9.04. The molecule has 0 aliphatic heterocycles. The number of hydrogen-bond donors (Lipinski definition) is 0. The molecule has 2 aliphatic rings. The number of para-hydroxylation sites is 1. The van der Waals surface area contributed by atoms with Gasteiger partial charge in [0.25, 0.3) is 0 Å². The van der Waals surface area contributed by atoms with Gasteiger partial charge in [0.05, 0.1) is 11.2 Å². The van der Waals surface area contributed by atoms with Crippen LogP contribution in [-0.2, 0) is 6.42 Å². The first-order valence-electron chi connectivity index (χ1n) is 18.5. The standard InChI is InChI=1S/C50H39NS/c1-4-34-45-29-43-39-21-12-10-19-37(39)38-20-11-13-22-40(38)44(43)30-48(45)51(33-15-6-5-7-16-33)47(34)28-32(3)35-17-8-9-18-36(35)41-23-14-24-42-46-27-31(2)25-26-49(46)52-50(41)42/h4-22,24-26,28-31,41H,1,23,27H2,2-3H3/b32-28+. The highest BCUT2D eigenvalue weighted by molar-refractivity contribution is 7.13. The number of hydrogen-bond acceptors (Lipinski definition) is 1. The minimum atomic E-state index is 0.338. The van der Waals surface area contributed by atoms with E-state index in [0.717, 1.165) is 29.8 Å². The molecule has 250 valence electrons. The van der Waals surface area contributed by atoms with Crippen LogP contribution >= 0.6 is 11.3 Å². The summed E-state index contributed by atoms with van der Waals surface area (Å²) in [5.41, 5.74) is 11.6. The van der Waals surface area contributed by atoms with Gasteiger partial charge in [0, 0.05) is 32.3 Å². The van der Waals surface area contributed by atoms with Crippen LogP contribution in [0.4, 0.5) is 0 Å². The molecule has 2 aliphatic carbocycles. The van der Waals surface area contributed by atoms with Crippen molar-refractivity contribution < 1.29 is 0 Å². The van der Waals surface area contributed by atoms with Crippen LogP contribution in [-0.4, -0.2) is 4.57 Å². The number of fused-ring (bicyclic) bond motifs is 10. The highest BCUT2D eigenvalue weighted by Crippen LogP contribution is 2.47. The number of rotatable bonds is 5. The highest BCUT2D eigenvalue weighted by atomic mass is 32.1. The van der Waals surface area contributed by atoms with E-state index in [9.17, 15) is 0 Å². The Morgan fingerprint density at radius 2 is 1.40 bits per heavy atom. The van der Waals surface area contributed by atoms with Gasteiger partial charge >= 0.3 is 0 Å². The lowest BCUT2D eigenvalue weighted by Gasteiger charge is -2.23. The fraction of sp³-hybridized carbons (Fsp3) is 0.120. The smallest absolute Gasteiger partial charge is 0.0547 e.